The van der Waals surface area contributed by atoms with Gasteiger partial charge in [0.1, 0.15) is 0 Å². The van der Waals surface area contributed by atoms with Crippen molar-refractivity contribution in [1.29, 1.82) is 5.26 Å². The lowest BCUT2D eigenvalue weighted by atomic mass is 9.90. The number of nitrogens with one attached hydrogen (secondary N) is 1. The summed E-state index contributed by atoms with van der Waals surface area (Å²) in [5, 5.41) is 12.2. The third-order valence-corrected chi connectivity index (χ3v) is 7.91. The summed E-state index contributed by atoms with van der Waals surface area (Å²) in [6.45, 7) is 3.46. The first-order valence-corrected chi connectivity index (χ1v) is 12.8. The molecule has 0 atom stereocenters. The largest absolute Gasteiger partial charge is 0.324 e. The molecule has 8 heteroatoms. The van der Waals surface area contributed by atoms with E-state index in [-0.39, 0.29) is 11.5 Å². The maximum atomic E-state index is 12.5. The fourth-order valence-electron chi connectivity index (χ4n) is 4.86. The monoisotopic (exact) mass is 473 g/mol. The van der Waals surface area contributed by atoms with E-state index in [1.807, 2.05) is 0 Å². The Morgan fingerprint density at radius 3 is 2.79 bits per heavy atom. The van der Waals surface area contributed by atoms with Crippen molar-refractivity contribution in [2.24, 2.45) is 5.92 Å². The molecule has 0 spiro atoms. The average Bonchev–Trinajstić information content (AvgIpc) is 2.87. The van der Waals surface area contributed by atoms with Crippen LogP contribution >= 0.6 is 11.8 Å². The normalized spacial score (nSPS) is 16.7. The molecule has 3 aromatic rings. The Bertz CT molecular complexity index is 1320. The Hall–Kier alpha value is -3.15. The second-order valence-electron chi connectivity index (χ2n) is 9.05. The van der Waals surface area contributed by atoms with E-state index in [2.05, 4.69) is 39.5 Å². The van der Waals surface area contributed by atoms with E-state index >= 15 is 0 Å². The van der Waals surface area contributed by atoms with E-state index in [1.54, 1.807) is 34.5 Å². The molecule has 3 heterocycles. The minimum Gasteiger partial charge on any atom is -0.324 e. The van der Waals surface area contributed by atoms with Crippen molar-refractivity contribution in [3.8, 4) is 6.07 Å². The summed E-state index contributed by atoms with van der Waals surface area (Å²) < 4.78 is 1.74. The second kappa shape index (κ2) is 10.00. The van der Waals surface area contributed by atoms with Crippen LogP contribution in [0.1, 0.15) is 30.4 Å². The second-order valence-corrected chi connectivity index (χ2v) is 10.1. The molecule has 1 fully saturated rings. The van der Waals surface area contributed by atoms with Gasteiger partial charge < -0.3 is 14.8 Å². The Balaban J connectivity index is 1.14. The Labute approximate surface area is 202 Å². The van der Waals surface area contributed by atoms with Gasteiger partial charge in [-0.3, -0.25) is 9.59 Å². The predicted molar refractivity (Wildman–Crippen MR) is 134 cm³/mol. The molecule has 0 aliphatic carbocycles. The molecule has 2 aliphatic rings. The highest BCUT2D eigenvalue weighted by Gasteiger charge is 2.20. The molecule has 2 aromatic carbocycles. The molecule has 2 aliphatic heterocycles. The highest BCUT2D eigenvalue weighted by Crippen LogP contribution is 2.33. The van der Waals surface area contributed by atoms with E-state index in [0.717, 1.165) is 66.9 Å². The number of hydrogen-bond donors (Lipinski definition) is 1. The summed E-state index contributed by atoms with van der Waals surface area (Å²) in [7, 11) is 0. The molecule has 0 radical (unpaired) electrons. The summed E-state index contributed by atoms with van der Waals surface area (Å²) in [6.07, 6.45) is 5.85. The molecule has 0 saturated carbocycles. The van der Waals surface area contributed by atoms with E-state index in [9.17, 15) is 14.9 Å². The zero-order valence-electron chi connectivity index (χ0n) is 19.0. The lowest BCUT2D eigenvalue weighted by Crippen LogP contribution is -2.37. The van der Waals surface area contributed by atoms with Crippen LogP contribution in [0, 0.1) is 17.2 Å². The molecule has 1 amide bonds. The van der Waals surface area contributed by atoms with Crippen molar-refractivity contribution in [2.45, 2.75) is 37.1 Å². The number of nitriles is 1. The summed E-state index contributed by atoms with van der Waals surface area (Å²) in [4.78, 5) is 31.9. The first kappa shape index (κ1) is 22.6. The molecule has 1 aromatic heterocycles. The summed E-state index contributed by atoms with van der Waals surface area (Å²) in [5.41, 5.74) is 4.10. The number of benzene rings is 2. The quantitative estimate of drug-likeness (QED) is 0.588. The molecular formula is C26H27N5O2S. The fourth-order valence-corrected chi connectivity index (χ4v) is 5.65. The zero-order valence-corrected chi connectivity index (χ0v) is 19.8. The van der Waals surface area contributed by atoms with Gasteiger partial charge in [-0.1, -0.05) is 6.07 Å². The van der Waals surface area contributed by atoms with Crippen molar-refractivity contribution in [3.05, 3.63) is 64.1 Å². The van der Waals surface area contributed by atoms with Gasteiger partial charge in [-0.25, -0.2) is 4.98 Å². The van der Waals surface area contributed by atoms with Crippen LogP contribution in [0.4, 0.5) is 5.69 Å². The third kappa shape index (κ3) is 5.01. The van der Waals surface area contributed by atoms with Gasteiger partial charge in [0.2, 0.25) is 5.91 Å². The maximum Gasteiger partial charge on any atom is 0.269 e. The Morgan fingerprint density at radius 1 is 1.12 bits per heavy atom. The summed E-state index contributed by atoms with van der Waals surface area (Å²) in [6, 6.07) is 13.9. The van der Waals surface area contributed by atoms with Gasteiger partial charge in [-0.15, -0.1) is 11.8 Å². The van der Waals surface area contributed by atoms with Gasteiger partial charge in [0.25, 0.3) is 5.56 Å². The highest BCUT2D eigenvalue weighted by molar-refractivity contribution is 8.00. The number of likely N-dealkylation sites (tertiary alicyclic amines) is 1. The van der Waals surface area contributed by atoms with Crippen LogP contribution in [0.25, 0.3) is 11.0 Å². The summed E-state index contributed by atoms with van der Waals surface area (Å²) in [5.74, 6) is 1.27. The van der Waals surface area contributed by atoms with Crippen molar-refractivity contribution in [1.82, 2.24) is 14.5 Å². The van der Waals surface area contributed by atoms with Crippen LogP contribution in [-0.4, -0.2) is 45.7 Å². The van der Waals surface area contributed by atoms with Crippen LogP contribution < -0.4 is 10.9 Å². The number of aryl methyl sites for hydroxylation is 1. The predicted octanol–water partition coefficient (Wildman–Crippen LogP) is 3.66. The first-order chi connectivity index (χ1) is 16.6. The fraction of sp³-hybridized carbons (Fsp3) is 0.385. The molecule has 1 N–H and O–H groups in total. The van der Waals surface area contributed by atoms with E-state index in [1.165, 1.54) is 11.8 Å². The number of rotatable bonds is 6. The van der Waals surface area contributed by atoms with Crippen molar-refractivity contribution in [2.75, 3.05) is 30.7 Å². The van der Waals surface area contributed by atoms with Crippen LogP contribution in [0.5, 0.6) is 0 Å². The minimum absolute atomic E-state index is 0.0783. The van der Waals surface area contributed by atoms with Crippen molar-refractivity contribution < 1.29 is 4.79 Å². The number of carbonyl (C=O) groups is 1. The number of nitrogens with zero attached hydrogens (tertiary/aromatic N) is 4. The number of fused-ring (bicyclic) bond motifs is 2. The minimum atomic E-state index is -0.128. The third-order valence-electron chi connectivity index (χ3n) is 6.84. The van der Waals surface area contributed by atoms with Crippen LogP contribution in [0.3, 0.4) is 0 Å². The number of thioether (sulfide) groups is 1. The van der Waals surface area contributed by atoms with Crippen LogP contribution in [0.2, 0.25) is 0 Å². The molecule has 174 valence electrons. The molecule has 1 saturated heterocycles. The number of carbonyl (C=O) groups excluding carboxylic acids is 1. The maximum absolute atomic E-state index is 12.5. The van der Waals surface area contributed by atoms with Gasteiger partial charge >= 0.3 is 0 Å². The molecular weight excluding hydrogens is 446 g/mol. The highest BCUT2D eigenvalue weighted by atomic mass is 32.2. The van der Waals surface area contributed by atoms with Gasteiger partial charge in [-0.05, 0) is 80.6 Å². The molecule has 0 unspecified atom stereocenters. The van der Waals surface area contributed by atoms with Crippen molar-refractivity contribution >= 4 is 34.4 Å². The van der Waals surface area contributed by atoms with Gasteiger partial charge in [0, 0.05) is 18.0 Å². The molecule has 5 rings (SSSR count). The van der Waals surface area contributed by atoms with Crippen LogP contribution in [-0.2, 0) is 17.8 Å². The Morgan fingerprint density at radius 2 is 1.97 bits per heavy atom. The number of aromatic nitrogens is 2. The standard InChI is InChI=1S/C26H27N5O2S/c27-15-20-3-5-21-23(14-20)31(26(33)16-28-21)12-11-30-9-7-18(8-10-30)1-2-19-4-6-24-22(13-19)29-25(32)17-34-24/h3-6,13-14,16,18H,1-2,7-12,17H2,(H,29,32). The van der Waals surface area contributed by atoms with E-state index < -0.39 is 0 Å². The number of amides is 1. The molecule has 34 heavy (non-hydrogen) atoms. The van der Waals surface area contributed by atoms with E-state index in [4.69, 9.17) is 0 Å². The molecule has 7 nitrogen and oxygen atoms in total. The van der Waals surface area contributed by atoms with Crippen molar-refractivity contribution in [3.63, 3.8) is 0 Å². The SMILES string of the molecule is N#Cc1ccc2ncc(=O)n(CCN3CCC(CCc4ccc5c(c4)NC(=O)CS5)CC3)c2c1. The number of piperidine rings is 1. The average molecular weight is 474 g/mol. The number of hydrogen-bond acceptors (Lipinski definition) is 6. The summed E-state index contributed by atoms with van der Waals surface area (Å²) >= 11 is 1.60. The zero-order chi connectivity index (χ0) is 23.5. The van der Waals surface area contributed by atoms with Gasteiger partial charge in [0.05, 0.1) is 40.3 Å². The van der Waals surface area contributed by atoms with Crippen LogP contribution in [0.15, 0.2) is 52.3 Å². The topological polar surface area (TPSA) is 91.0 Å². The first-order valence-electron chi connectivity index (χ1n) is 11.8. The van der Waals surface area contributed by atoms with Gasteiger partial charge in [-0.2, -0.15) is 5.26 Å². The lowest BCUT2D eigenvalue weighted by Gasteiger charge is -2.32. The Kier molecular flexibility index (Phi) is 6.66. The lowest BCUT2D eigenvalue weighted by molar-refractivity contribution is -0.113. The molecule has 0 bridgehead atoms. The van der Waals surface area contributed by atoms with E-state index in [0.29, 0.717) is 23.8 Å². The number of anilines is 1. The van der Waals surface area contributed by atoms with Gasteiger partial charge in [0.15, 0.2) is 0 Å². The smallest absolute Gasteiger partial charge is 0.269 e.